The molecule has 0 aliphatic heterocycles. The zero-order valence-electron chi connectivity index (χ0n) is 9.40. The number of benzene rings is 1. The zero-order valence-corrected chi connectivity index (χ0v) is 10.2. The van der Waals surface area contributed by atoms with Gasteiger partial charge in [0, 0.05) is 5.56 Å². The van der Waals surface area contributed by atoms with Crippen LogP contribution in [0.1, 0.15) is 16.2 Å². The van der Waals surface area contributed by atoms with Gasteiger partial charge in [0.25, 0.3) is 0 Å². The maximum atomic E-state index is 11.5. The average Bonchev–Trinajstić information content (AvgIpc) is 2.86. The molecule has 0 atom stereocenters. The number of ether oxygens (including phenoxy) is 1. The lowest BCUT2D eigenvalue weighted by Crippen LogP contribution is -2.02. The standard InChI is InChI=1S/C12H8ClN3O2/c1-18-12(17)8-4-2-3-7(11(8)13)9-6-15-10(5-14)16-9/h2-4,6H,1H3,(H,15,16). The van der Waals surface area contributed by atoms with Gasteiger partial charge < -0.3 is 9.72 Å². The van der Waals surface area contributed by atoms with Crippen LogP contribution in [-0.4, -0.2) is 23.0 Å². The third-order valence-electron chi connectivity index (χ3n) is 2.38. The number of methoxy groups -OCH3 is 1. The van der Waals surface area contributed by atoms with Crippen molar-refractivity contribution < 1.29 is 9.53 Å². The monoisotopic (exact) mass is 261 g/mol. The molecule has 1 aromatic carbocycles. The van der Waals surface area contributed by atoms with E-state index < -0.39 is 5.97 Å². The Hall–Kier alpha value is -2.32. The summed E-state index contributed by atoms with van der Waals surface area (Å²) in [5, 5.41) is 8.96. The van der Waals surface area contributed by atoms with Crippen LogP contribution in [0.4, 0.5) is 0 Å². The molecule has 0 radical (unpaired) electrons. The smallest absolute Gasteiger partial charge is 0.339 e. The molecule has 0 fully saturated rings. The molecule has 0 saturated carbocycles. The first-order chi connectivity index (χ1) is 8.67. The number of imidazole rings is 1. The van der Waals surface area contributed by atoms with Crippen molar-refractivity contribution in [1.82, 2.24) is 9.97 Å². The molecule has 2 aromatic rings. The number of carbonyl (C=O) groups is 1. The molecule has 90 valence electrons. The highest BCUT2D eigenvalue weighted by Crippen LogP contribution is 2.29. The van der Waals surface area contributed by atoms with E-state index >= 15 is 0 Å². The van der Waals surface area contributed by atoms with Gasteiger partial charge in [-0.25, -0.2) is 9.78 Å². The molecule has 1 aromatic heterocycles. The van der Waals surface area contributed by atoms with Crippen molar-refractivity contribution >= 4 is 17.6 Å². The number of nitrogens with one attached hydrogen (secondary N) is 1. The van der Waals surface area contributed by atoms with E-state index in [1.54, 1.807) is 18.2 Å². The SMILES string of the molecule is COC(=O)c1cccc(-c2cnc(C#N)[nH]2)c1Cl. The van der Waals surface area contributed by atoms with E-state index in [0.29, 0.717) is 11.3 Å². The van der Waals surface area contributed by atoms with E-state index in [2.05, 4.69) is 14.7 Å². The number of carbonyl (C=O) groups excluding carboxylic acids is 1. The molecule has 0 aliphatic rings. The normalized spacial score (nSPS) is 9.83. The predicted molar refractivity (Wildman–Crippen MR) is 65.1 cm³/mol. The number of aromatic nitrogens is 2. The molecule has 0 spiro atoms. The van der Waals surface area contributed by atoms with Crippen molar-refractivity contribution in [3.05, 3.63) is 40.8 Å². The summed E-state index contributed by atoms with van der Waals surface area (Å²) in [6, 6.07) is 6.86. The first-order valence-corrected chi connectivity index (χ1v) is 5.37. The van der Waals surface area contributed by atoms with Crippen LogP contribution >= 0.6 is 11.6 Å². The van der Waals surface area contributed by atoms with E-state index in [4.69, 9.17) is 16.9 Å². The minimum Gasteiger partial charge on any atom is -0.465 e. The Bertz CT molecular complexity index is 643. The summed E-state index contributed by atoms with van der Waals surface area (Å²) in [5.41, 5.74) is 1.43. The topological polar surface area (TPSA) is 78.8 Å². The average molecular weight is 262 g/mol. The van der Waals surface area contributed by atoms with Crippen LogP contribution in [0.3, 0.4) is 0 Å². The Balaban J connectivity index is 2.52. The van der Waals surface area contributed by atoms with Crippen LogP contribution in [0, 0.1) is 11.3 Å². The molecule has 0 amide bonds. The number of halogens is 1. The third kappa shape index (κ3) is 2.06. The quantitative estimate of drug-likeness (QED) is 0.842. The Morgan fingerprint density at radius 3 is 2.94 bits per heavy atom. The first-order valence-electron chi connectivity index (χ1n) is 4.99. The van der Waals surface area contributed by atoms with Crippen LogP contribution in [0.5, 0.6) is 0 Å². The second-order valence-electron chi connectivity index (χ2n) is 3.42. The van der Waals surface area contributed by atoms with Crippen LogP contribution in [0.15, 0.2) is 24.4 Å². The van der Waals surface area contributed by atoms with Gasteiger partial charge in [0.1, 0.15) is 6.07 Å². The van der Waals surface area contributed by atoms with Crippen LogP contribution in [-0.2, 0) is 4.74 Å². The molecule has 6 heteroatoms. The van der Waals surface area contributed by atoms with Gasteiger partial charge in [0.05, 0.1) is 29.6 Å². The second-order valence-corrected chi connectivity index (χ2v) is 3.79. The highest BCUT2D eigenvalue weighted by molar-refractivity contribution is 6.36. The van der Waals surface area contributed by atoms with Crippen LogP contribution in [0.2, 0.25) is 5.02 Å². The van der Waals surface area contributed by atoms with Crippen molar-refractivity contribution in [2.24, 2.45) is 0 Å². The Morgan fingerprint density at radius 1 is 1.56 bits per heavy atom. The van der Waals surface area contributed by atoms with E-state index in [9.17, 15) is 4.79 Å². The summed E-state index contributed by atoms with van der Waals surface area (Å²) in [6.45, 7) is 0. The Morgan fingerprint density at radius 2 is 2.33 bits per heavy atom. The highest BCUT2D eigenvalue weighted by atomic mass is 35.5. The summed E-state index contributed by atoms with van der Waals surface area (Å²) in [6.07, 6.45) is 1.49. The summed E-state index contributed by atoms with van der Waals surface area (Å²) in [7, 11) is 1.29. The minimum absolute atomic E-state index is 0.185. The molecule has 1 N–H and O–H groups in total. The minimum atomic E-state index is -0.512. The van der Waals surface area contributed by atoms with Crippen molar-refractivity contribution in [2.75, 3.05) is 7.11 Å². The number of nitrogens with zero attached hydrogens (tertiary/aromatic N) is 2. The second kappa shape index (κ2) is 4.90. The van der Waals surface area contributed by atoms with Gasteiger partial charge in [0.2, 0.25) is 5.82 Å². The number of rotatable bonds is 2. The van der Waals surface area contributed by atoms with E-state index in [1.165, 1.54) is 13.3 Å². The van der Waals surface area contributed by atoms with Crippen LogP contribution in [0.25, 0.3) is 11.3 Å². The highest BCUT2D eigenvalue weighted by Gasteiger charge is 2.15. The number of hydrogen-bond donors (Lipinski definition) is 1. The molecule has 0 saturated heterocycles. The molecule has 1 heterocycles. The number of nitriles is 1. The fourth-order valence-electron chi connectivity index (χ4n) is 1.52. The lowest BCUT2D eigenvalue weighted by molar-refractivity contribution is 0.0601. The maximum Gasteiger partial charge on any atom is 0.339 e. The molecule has 0 bridgehead atoms. The first kappa shape index (κ1) is 12.1. The molecule has 18 heavy (non-hydrogen) atoms. The van der Waals surface area contributed by atoms with Crippen molar-refractivity contribution in [3.8, 4) is 17.3 Å². The van der Waals surface area contributed by atoms with Gasteiger partial charge in [-0.2, -0.15) is 5.26 Å². The number of H-pyrrole nitrogens is 1. The maximum absolute atomic E-state index is 11.5. The molecular weight excluding hydrogens is 254 g/mol. The summed E-state index contributed by atoms with van der Waals surface area (Å²) in [4.78, 5) is 18.1. The fourth-order valence-corrected chi connectivity index (χ4v) is 1.83. The molecule has 2 rings (SSSR count). The third-order valence-corrected chi connectivity index (χ3v) is 2.78. The number of hydrogen-bond acceptors (Lipinski definition) is 4. The predicted octanol–water partition coefficient (Wildman–Crippen LogP) is 2.39. The summed E-state index contributed by atoms with van der Waals surface area (Å²) in [5.74, 6) is -0.327. The van der Waals surface area contributed by atoms with Gasteiger partial charge in [-0.1, -0.05) is 23.7 Å². The van der Waals surface area contributed by atoms with Gasteiger partial charge >= 0.3 is 5.97 Å². The molecule has 0 unspecified atom stereocenters. The summed E-state index contributed by atoms with van der Waals surface area (Å²) >= 11 is 6.14. The van der Waals surface area contributed by atoms with E-state index in [-0.39, 0.29) is 16.4 Å². The summed E-state index contributed by atoms with van der Waals surface area (Å²) < 4.78 is 4.63. The molecule has 0 aliphatic carbocycles. The number of esters is 1. The van der Waals surface area contributed by atoms with Gasteiger partial charge in [-0.15, -0.1) is 0 Å². The zero-order chi connectivity index (χ0) is 13.1. The van der Waals surface area contributed by atoms with E-state index in [0.717, 1.165) is 0 Å². The van der Waals surface area contributed by atoms with Crippen molar-refractivity contribution in [2.45, 2.75) is 0 Å². The Labute approximate surface area is 108 Å². The van der Waals surface area contributed by atoms with Gasteiger partial charge in [-0.3, -0.25) is 0 Å². The molecular formula is C12H8ClN3O2. The lowest BCUT2D eigenvalue weighted by atomic mass is 10.1. The Kier molecular flexibility index (Phi) is 3.31. The lowest BCUT2D eigenvalue weighted by Gasteiger charge is -2.06. The van der Waals surface area contributed by atoms with E-state index in [1.807, 2.05) is 6.07 Å². The van der Waals surface area contributed by atoms with Crippen molar-refractivity contribution in [1.29, 1.82) is 5.26 Å². The van der Waals surface area contributed by atoms with Gasteiger partial charge in [0.15, 0.2) is 0 Å². The van der Waals surface area contributed by atoms with Crippen molar-refractivity contribution in [3.63, 3.8) is 0 Å². The van der Waals surface area contributed by atoms with Crippen LogP contribution < -0.4 is 0 Å². The number of aromatic amines is 1. The molecule has 5 nitrogen and oxygen atoms in total. The fraction of sp³-hybridized carbons (Fsp3) is 0.0833. The van der Waals surface area contributed by atoms with Gasteiger partial charge in [-0.05, 0) is 6.07 Å². The largest absolute Gasteiger partial charge is 0.465 e.